The highest BCUT2D eigenvalue weighted by molar-refractivity contribution is 7.58. The lowest BCUT2D eigenvalue weighted by molar-refractivity contribution is -0.384. The smallest absolute Gasteiger partial charge is 1.00 e. The molecular weight excluding hydrogens is 669 g/mol. The summed E-state index contributed by atoms with van der Waals surface area (Å²) in [6.07, 6.45) is 0. The van der Waals surface area contributed by atoms with Gasteiger partial charge in [-0.15, -0.1) is 0 Å². The quantitative estimate of drug-likeness (QED) is 0.134. The topological polar surface area (TPSA) is 140 Å². The summed E-state index contributed by atoms with van der Waals surface area (Å²) in [6.45, 7) is 10.7. The molecule has 0 saturated carbocycles. The van der Waals surface area contributed by atoms with Crippen LogP contribution in [0.3, 0.4) is 0 Å². The number of ether oxygens (including phenoxy) is 1. The highest BCUT2D eigenvalue weighted by atomic mass is 35.5. The van der Waals surface area contributed by atoms with Crippen LogP contribution < -0.4 is 22.6 Å². The van der Waals surface area contributed by atoms with E-state index in [1.54, 1.807) is 32.9 Å². The van der Waals surface area contributed by atoms with Gasteiger partial charge in [-0.3, -0.25) is 14.7 Å². The van der Waals surface area contributed by atoms with Crippen molar-refractivity contribution in [2.75, 3.05) is 37.9 Å². The van der Waals surface area contributed by atoms with Gasteiger partial charge < -0.3 is 41.5 Å². The van der Waals surface area contributed by atoms with Crippen LogP contribution in [-0.4, -0.2) is 49.0 Å². The van der Waals surface area contributed by atoms with Crippen molar-refractivity contribution >= 4 is 24.9 Å². The minimum Gasteiger partial charge on any atom is -1.00 e. The van der Waals surface area contributed by atoms with Crippen LogP contribution in [0.4, 0.5) is 11.4 Å². The molecule has 2 N–H and O–H groups in total. The van der Waals surface area contributed by atoms with Crippen molar-refractivity contribution in [3.8, 4) is 0 Å². The second-order valence-electron chi connectivity index (χ2n) is 12.4. The lowest BCUT2D eigenvalue weighted by atomic mass is 9.86. The van der Waals surface area contributed by atoms with E-state index in [1.165, 1.54) is 12.1 Å². The first kappa shape index (κ1) is 39.4. The zero-order valence-electron chi connectivity index (χ0n) is 29.4. The number of carbonyl (C=O) groups is 1. The normalized spacial score (nSPS) is 17.9. The Morgan fingerprint density at radius 2 is 1.63 bits per heavy atom. The molecule has 1 unspecified atom stereocenters. The van der Waals surface area contributed by atoms with Crippen LogP contribution in [0.5, 0.6) is 0 Å². The van der Waals surface area contributed by atoms with Gasteiger partial charge in [0.25, 0.3) is 5.69 Å². The largest absolute Gasteiger partial charge is 1.00 e. The van der Waals surface area contributed by atoms with E-state index in [-0.39, 0.29) is 62.3 Å². The van der Waals surface area contributed by atoms with Crippen LogP contribution in [0.1, 0.15) is 53.1 Å². The average Bonchev–Trinajstić information content (AvgIpc) is 3.06. The Morgan fingerprint density at radius 3 is 2.22 bits per heavy atom. The van der Waals surface area contributed by atoms with E-state index in [2.05, 4.69) is 10.2 Å². The number of nitrogens with one attached hydrogen (secondary N) is 1. The van der Waals surface area contributed by atoms with Crippen LogP contribution >= 0.6 is 7.60 Å². The lowest BCUT2D eigenvalue weighted by Gasteiger charge is -2.39. The van der Waals surface area contributed by atoms with Crippen LogP contribution in [0.25, 0.3) is 0 Å². The fraction of sp³-hybridized carbons (Fsp3) is 0.361. The number of aliphatic hydroxyl groups is 1. The Labute approximate surface area is 295 Å². The van der Waals surface area contributed by atoms with Gasteiger partial charge in [-0.25, -0.2) is 4.79 Å². The van der Waals surface area contributed by atoms with Crippen molar-refractivity contribution in [1.82, 2.24) is 5.32 Å². The summed E-state index contributed by atoms with van der Waals surface area (Å²) in [5.74, 6) is -1.58. The Hall–Kier alpha value is -3.99. The SMILES string of the molecule is CC1=C(C(=O)OCCN(Cc2ccccc2)c2ccccc2)C(c2cccc([N+](=O)[O-])c2)C(P2(=O)OCC(C)(C)CO2)=C(C)N1.CCO.[Cl-].[H+]. The van der Waals surface area contributed by atoms with Gasteiger partial charge in [-0.05, 0) is 44.0 Å². The number of hydrogen-bond acceptors (Lipinski definition) is 10. The molecule has 49 heavy (non-hydrogen) atoms. The molecule has 5 rings (SSSR count). The van der Waals surface area contributed by atoms with Gasteiger partial charge in [-0.1, -0.05) is 74.5 Å². The number of halogens is 1. The predicted molar refractivity (Wildman–Crippen MR) is 186 cm³/mol. The van der Waals surface area contributed by atoms with Crippen molar-refractivity contribution in [1.29, 1.82) is 0 Å². The molecule has 3 aromatic rings. The number of non-ortho nitro benzene ring substituents is 1. The molecule has 13 heteroatoms. The van der Waals surface area contributed by atoms with Crippen molar-refractivity contribution in [3.05, 3.63) is 128 Å². The number of nitrogens with zero attached hydrogens (tertiary/aromatic N) is 2. The van der Waals surface area contributed by atoms with Gasteiger partial charge >= 0.3 is 15.0 Å². The molecule has 0 aromatic heterocycles. The minimum absolute atomic E-state index is 0. The number of rotatable bonds is 10. The number of nitro groups is 1. The number of carbonyl (C=O) groups excluding carboxylic acids is 1. The molecule has 2 aliphatic heterocycles. The highest BCUT2D eigenvalue weighted by Gasteiger charge is 2.48. The summed E-state index contributed by atoms with van der Waals surface area (Å²) in [5.41, 5.74) is 3.18. The molecule has 1 atom stereocenters. The van der Waals surface area contributed by atoms with Crippen LogP contribution in [0.2, 0.25) is 0 Å². The minimum atomic E-state index is -3.91. The second-order valence-corrected chi connectivity index (χ2v) is 14.4. The Bertz CT molecular complexity index is 1690. The van der Waals surface area contributed by atoms with Crippen LogP contribution in [-0.2, 0) is 29.7 Å². The monoisotopic (exact) mass is 713 g/mol. The molecule has 1 saturated heterocycles. The third-order valence-corrected chi connectivity index (χ3v) is 9.96. The Kier molecular flexibility index (Phi) is 14.2. The Morgan fingerprint density at radius 1 is 1.04 bits per heavy atom. The zero-order chi connectivity index (χ0) is 34.9. The van der Waals surface area contributed by atoms with Gasteiger partial charge in [0.05, 0.1) is 41.5 Å². The van der Waals surface area contributed by atoms with Gasteiger partial charge in [0.1, 0.15) is 6.61 Å². The first-order valence-electron chi connectivity index (χ1n) is 15.8. The lowest BCUT2D eigenvalue weighted by Crippen LogP contribution is -3.00. The summed E-state index contributed by atoms with van der Waals surface area (Å²) in [4.78, 5) is 27.3. The summed E-state index contributed by atoms with van der Waals surface area (Å²) in [6, 6.07) is 25.9. The molecule has 0 radical (unpaired) electrons. The maximum absolute atomic E-state index is 14.3. The maximum Gasteiger partial charge on any atom is 1.00 e. The van der Waals surface area contributed by atoms with Gasteiger partial charge in [0.2, 0.25) is 0 Å². The summed E-state index contributed by atoms with van der Waals surface area (Å²) < 4.78 is 32.1. The fourth-order valence-corrected chi connectivity index (χ4v) is 8.02. The van der Waals surface area contributed by atoms with E-state index in [9.17, 15) is 19.5 Å². The van der Waals surface area contributed by atoms with Crippen LogP contribution in [0, 0.1) is 15.5 Å². The van der Waals surface area contributed by atoms with E-state index >= 15 is 0 Å². The molecule has 0 spiro atoms. The second kappa shape index (κ2) is 17.6. The number of anilines is 1. The van der Waals surface area contributed by atoms with Gasteiger partial charge in [0.15, 0.2) is 0 Å². The third kappa shape index (κ3) is 10.0. The van der Waals surface area contributed by atoms with Crippen molar-refractivity contribution < 1.29 is 47.0 Å². The standard InChI is InChI=1S/C34H38N3O7P.C2H6O.ClH/c1-24-30(33(38)42-19-18-36(28-15-9-6-10-16-28)21-26-12-7-5-8-13-26)31(27-14-11-17-29(20-27)37(39)40)32(25(2)35-24)45(41)43-22-34(3,4)23-44-45;1-2-3;/h5-17,20,31,35H,18-19,21-23H2,1-4H3;3H,2H2,1H3;1H. The molecule has 0 aliphatic carbocycles. The number of aliphatic hydroxyl groups excluding tert-OH is 1. The molecule has 2 aliphatic rings. The molecule has 11 nitrogen and oxygen atoms in total. The maximum atomic E-state index is 14.3. The number of benzene rings is 3. The molecule has 264 valence electrons. The first-order valence-corrected chi connectivity index (χ1v) is 17.4. The number of para-hydroxylation sites is 1. The molecule has 3 aromatic carbocycles. The molecule has 0 bridgehead atoms. The van der Waals surface area contributed by atoms with Crippen molar-refractivity contribution in [2.24, 2.45) is 5.41 Å². The fourth-order valence-electron chi connectivity index (χ4n) is 5.57. The van der Waals surface area contributed by atoms with Crippen LogP contribution in [0.15, 0.2) is 107 Å². The Balaban J connectivity index is 0.00000167. The number of allylic oxidation sites excluding steroid dienone is 3. The summed E-state index contributed by atoms with van der Waals surface area (Å²) in [5, 5.41) is 22.7. The van der Waals surface area contributed by atoms with E-state index in [0.717, 1.165) is 11.3 Å². The number of nitro benzene ring substituents is 1. The highest BCUT2D eigenvalue weighted by Crippen LogP contribution is 2.66. The van der Waals surface area contributed by atoms with E-state index in [0.29, 0.717) is 30.0 Å². The first-order chi connectivity index (χ1) is 22.9. The van der Waals surface area contributed by atoms with Gasteiger partial charge in [0, 0.05) is 47.8 Å². The van der Waals surface area contributed by atoms with Gasteiger partial charge in [-0.2, -0.15) is 0 Å². The average molecular weight is 714 g/mol. The van der Waals surface area contributed by atoms with E-state index in [4.69, 9.17) is 18.9 Å². The molecule has 1 fully saturated rings. The zero-order valence-corrected chi connectivity index (χ0v) is 30.1. The molecular formula is C36H45ClN3O8P. The number of esters is 1. The predicted octanol–water partition coefficient (Wildman–Crippen LogP) is 4.42. The van der Waals surface area contributed by atoms with Crippen molar-refractivity contribution in [2.45, 2.75) is 47.1 Å². The number of dihydropyridines is 1. The third-order valence-electron chi connectivity index (χ3n) is 7.84. The van der Waals surface area contributed by atoms with E-state index < -0.39 is 24.4 Å². The van der Waals surface area contributed by atoms with E-state index in [1.807, 2.05) is 74.5 Å². The molecule has 0 amide bonds. The van der Waals surface area contributed by atoms with Crippen molar-refractivity contribution in [3.63, 3.8) is 0 Å². The summed E-state index contributed by atoms with van der Waals surface area (Å²) in [7, 11) is -3.91. The number of hydrogen-bond donors (Lipinski definition) is 2. The summed E-state index contributed by atoms with van der Waals surface area (Å²) >= 11 is 0. The molecule has 2 heterocycles.